The Morgan fingerprint density at radius 1 is 1.20 bits per heavy atom. The molecular weight excluding hydrogens is 250 g/mol. The first kappa shape index (κ1) is 13.0. The average molecular weight is 269 g/mol. The van der Waals surface area contributed by atoms with Crippen molar-refractivity contribution in [3.05, 3.63) is 36.8 Å². The fourth-order valence-corrected chi connectivity index (χ4v) is 2.64. The first-order valence-electron chi connectivity index (χ1n) is 7.05. The van der Waals surface area contributed by atoms with Gasteiger partial charge in [-0.25, -0.2) is 9.97 Å². The van der Waals surface area contributed by atoms with Gasteiger partial charge < -0.3 is 10.6 Å². The summed E-state index contributed by atoms with van der Waals surface area (Å²) in [5.41, 5.74) is 7.48. The van der Waals surface area contributed by atoms with E-state index in [0.29, 0.717) is 5.92 Å². The highest BCUT2D eigenvalue weighted by atomic mass is 15.3. The molecule has 3 heterocycles. The molecule has 0 aliphatic carbocycles. The Labute approximate surface area is 118 Å². The lowest BCUT2D eigenvalue weighted by Crippen LogP contribution is -2.22. The quantitative estimate of drug-likeness (QED) is 0.915. The van der Waals surface area contributed by atoms with Crippen molar-refractivity contribution in [1.29, 1.82) is 0 Å². The van der Waals surface area contributed by atoms with Crippen LogP contribution < -0.4 is 10.6 Å². The minimum atomic E-state index is 0.680. The van der Waals surface area contributed by atoms with Crippen LogP contribution in [0.2, 0.25) is 0 Å². The molecule has 0 aromatic carbocycles. The van der Waals surface area contributed by atoms with E-state index in [0.717, 1.165) is 43.3 Å². The third-order valence-electron chi connectivity index (χ3n) is 3.74. The second-order valence-electron chi connectivity index (χ2n) is 5.16. The highest BCUT2D eigenvalue weighted by Gasteiger charge is 2.23. The molecular formula is C15H19N5. The molecule has 2 aromatic heterocycles. The highest BCUT2D eigenvalue weighted by molar-refractivity contribution is 5.57. The van der Waals surface area contributed by atoms with Gasteiger partial charge in [0.05, 0.1) is 5.69 Å². The number of nitrogens with zero attached hydrogens (tertiary/aromatic N) is 4. The SMILES string of the molecule is NCCC1CCN(c2ncc(-c3ccccn3)cn2)C1. The van der Waals surface area contributed by atoms with E-state index in [1.54, 1.807) is 6.20 Å². The number of nitrogens with two attached hydrogens (primary N) is 1. The van der Waals surface area contributed by atoms with Crippen molar-refractivity contribution in [1.82, 2.24) is 15.0 Å². The van der Waals surface area contributed by atoms with Crippen LogP contribution in [0.4, 0.5) is 5.95 Å². The highest BCUT2D eigenvalue weighted by Crippen LogP contribution is 2.23. The third kappa shape index (κ3) is 2.77. The normalized spacial score (nSPS) is 18.4. The zero-order valence-corrected chi connectivity index (χ0v) is 11.4. The Morgan fingerprint density at radius 3 is 2.75 bits per heavy atom. The van der Waals surface area contributed by atoms with E-state index in [-0.39, 0.29) is 0 Å². The monoisotopic (exact) mass is 269 g/mol. The molecule has 0 bridgehead atoms. The van der Waals surface area contributed by atoms with E-state index in [1.165, 1.54) is 6.42 Å². The van der Waals surface area contributed by atoms with Gasteiger partial charge in [0.15, 0.2) is 0 Å². The Kier molecular flexibility index (Phi) is 3.87. The summed E-state index contributed by atoms with van der Waals surface area (Å²) in [4.78, 5) is 15.5. The Bertz CT molecular complexity index is 540. The number of pyridine rings is 1. The molecule has 1 aliphatic heterocycles. The first-order valence-corrected chi connectivity index (χ1v) is 7.05. The number of rotatable bonds is 4. The lowest BCUT2D eigenvalue weighted by atomic mass is 10.1. The molecule has 0 radical (unpaired) electrons. The molecule has 5 heteroatoms. The Balaban J connectivity index is 1.71. The molecule has 0 amide bonds. The van der Waals surface area contributed by atoms with Crippen LogP contribution in [0.3, 0.4) is 0 Å². The summed E-state index contributed by atoms with van der Waals surface area (Å²) in [6.45, 7) is 2.80. The van der Waals surface area contributed by atoms with Crippen molar-refractivity contribution < 1.29 is 0 Å². The zero-order valence-electron chi connectivity index (χ0n) is 11.4. The van der Waals surface area contributed by atoms with Crippen LogP contribution in [0.15, 0.2) is 36.8 Å². The third-order valence-corrected chi connectivity index (χ3v) is 3.74. The van der Waals surface area contributed by atoms with Crippen LogP contribution in [0, 0.1) is 5.92 Å². The fourth-order valence-electron chi connectivity index (χ4n) is 2.64. The van der Waals surface area contributed by atoms with Gasteiger partial charge in [-0.15, -0.1) is 0 Å². The number of aromatic nitrogens is 3. The first-order chi connectivity index (χ1) is 9.86. The van der Waals surface area contributed by atoms with Crippen LogP contribution in [0.25, 0.3) is 11.3 Å². The standard InChI is InChI=1S/C15H19N5/c16-6-4-12-5-8-20(11-12)15-18-9-13(10-19-15)14-3-1-2-7-17-14/h1-3,7,9-10,12H,4-6,8,11,16H2. The summed E-state index contributed by atoms with van der Waals surface area (Å²) >= 11 is 0. The molecule has 0 spiro atoms. The van der Waals surface area contributed by atoms with Crippen LogP contribution in [-0.4, -0.2) is 34.6 Å². The van der Waals surface area contributed by atoms with Crippen LogP contribution in [-0.2, 0) is 0 Å². The van der Waals surface area contributed by atoms with E-state index in [4.69, 9.17) is 5.73 Å². The van der Waals surface area contributed by atoms with E-state index in [1.807, 2.05) is 30.6 Å². The minimum absolute atomic E-state index is 0.680. The largest absolute Gasteiger partial charge is 0.341 e. The maximum atomic E-state index is 5.62. The van der Waals surface area contributed by atoms with Crippen molar-refractivity contribution in [3.8, 4) is 11.3 Å². The molecule has 1 saturated heterocycles. The molecule has 0 saturated carbocycles. The van der Waals surface area contributed by atoms with Crippen molar-refractivity contribution in [2.24, 2.45) is 11.7 Å². The molecule has 3 rings (SSSR count). The molecule has 5 nitrogen and oxygen atoms in total. The second-order valence-corrected chi connectivity index (χ2v) is 5.16. The summed E-state index contributed by atoms with van der Waals surface area (Å²) in [6.07, 6.45) is 7.74. The second kappa shape index (κ2) is 5.96. The fraction of sp³-hybridized carbons (Fsp3) is 0.400. The predicted molar refractivity (Wildman–Crippen MR) is 79.3 cm³/mol. The van der Waals surface area contributed by atoms with Crippen molar-refractivity contribution in [2.45, 2.75) is 12.8 Å². The Hall–Kier alpha value is -2.01. The molecule has 1 unspecified atom stereocenters. The van der Waals surface area contributed by atoms with Gasteiger partial charge >= 0.3 is 0 Å². The minimum Gasteiger partial charge on any atom is -0.341 e. The Morgan fingerprint density at radius 2 is 2.05 bits per heavy atom. The maximum Gasteiger partial charge on any atom is 0.225 e. The van der Waals surface area contributed by atoms with Gasteiger partial charge in [0.25, 0.3) is 0 Å². The van der Waals surface area contributed by atoms with Gasteiger partial charge in [0.2, 0.25) is 5.95 Å². The van der Waals surface area contributed by atoms with E-state index in [9.17, 15) is 0 Å². The summed E-state index contributed by atoms with van der Waals surface area (Å²) in [6, 6.07) is 5.83. The molecule has 1 fully saturated rings. The summed E-state index contributed by atoms with van der Waals surface area (Å²) in [5, 5.41) is 0. The van der Waals surface area contributed by atoms with Crippen LogP contribution in [0.1, 0.15) is 12.8 Å². The average Bonchev–Trinajstić information content (AvgIpc) is 2.97. The van der Waals surface area contributed by atoms with Gasteiger partial charge in [-0.3, -0.25) is 4.98 Å². The predicted octanol–water partition coefficient (Wildman–Crippen LogP) is 1.71. The maximum absolute atomic E-state index is 5.62. The van der Waals surface area contributed by atoms with Crippen molar-refractivity contribution in [2.75, 3.05) is 24.5 Å². The van der Waals surface area contributed by atoms with Crippen molar-refractivity contribution in [3.63, 3.8) is 0 Å². The smallest absolute Gasteiger partial charge is 0.225 e. The zero-order chi connectivity index (χ0) is 13.8. The number of anilines is 1. The lowest BCUT2D eigenvalue weighted by molar-refractivity contribution is 0.545. The molecule has 1 atom stereocenters. The summed E-state index contributed by atoms with van der Waals surface area (Å²) in [5.74, 6) is 1.49. The topological polar surface area (TPSA) is 67.9 Å². The van der Waals surface area contributed by atoms with Gasteiger partial charge in [-0.2, -0.15) is 0 Å². The summed E-state index contributed by atoms with van der Waals surface area (Å²) < 4.78 is 0. The van der Waals surface area contributed by atoms with E-state index >= 15 is 0 Å². The lowest BCUT2D eigenvalue weighted by Gasteiger charge is -2.16. The van der Waals surface area contributed by atoms with E-state index < -0.39 is 0 Å². The van der Waals surface area contributed by atoms with Crippen LogP contribution >= 0.6 is 0 Å². The molecule has 2 aromatic rings. The van der Waals surface area contributed by atoms with Gasteiger partial charge in [0, 0.05) is 37.2 Å². The van der Waals surface area contributed by atoms with Gasteiger partial charge in [0.1, 0.15) is 0 Å². The summed E-state index contributed by atoms with van der Waals surface area (Å²) in [7, 11) is 0. The van der Waals surface area contributed by atoms with E-state index in [2.05, 4.69) is 19.9 Å². The van der Waals surface area contributed by atoms with Crippen molar-refractivity contribution >= 4 is 5.95 Å². The van der Waals surface area contributed by atoms with Gasteiger partial charge in [-0.1, -0.05) is 6.07 Å². The number of hydrogen-bond donors (Lipinski definition) is 1. The molecule has 20 heavy (non-hydrogen) atoms. The molecule has 1 aliphatic rings. The number of hydrogen-bond acceptors (Lipinski definition) is 5. The molecule has 2 N–H and O–H groups in total. The van der Waals surface area contributed by atoms with Gasteiger partial charge in [-0.05, 0) is 37.4 Å². The van der Waals surface area contributed by atoms with Crippen LogP contribution in [0.5, 0.6) is 0 Å². The molecule has 104 valence electrons.